The van der Waals surface area contributed by atoms with E-state index >= 15 is 0 Å². The first kappa shape index (κ1) is 17.4. The Bertz CT molecular complexity index is 1240. The summed E-state index contributed by atoms with van der Waals surface area (Å²) in [6, 6.07) is 14.1. The van der Waals surface area contributed by atoms with Crippen LogP contribution < -0.4 is 5.32 Å². The quantitative estimate of drug-likeness (QED) is 0.496. The third-order valence-corrected chi connectivity index (χ3v) is 6.06. The molecule has 27 heavy (non-hydrogen) atoms. The lowest BCUT2D eigenvalue weighted by Crippen LogP contribution is -2.07. The number of sulfone groups is 1. The zero-order valence-corrected chi connectivity index (χ0v) is 15.2. The van der Waals surface area contributed by atoms with E-state index in [2.05, 4.69) is 20.3 Å². The lowest BCUT2D eigenvalue weighted by molar-refractivity contribution is 0.567. The molecule has 2 heterocycles. The van der Waals surface area contributed by atoms with E-state index in [1.54, 1.807) is 24.3 Å². The normalized spacial score (nSPS) is 11.6. The summed E-state index contributed by atoms with van der Waals surface area (Å²) in [6.45, 7) is 0. The Balaban J connectivity index is 2.00. The van der Waals surface area contributed by atoms with Crippen molar-refractivity contribution in [3.8, 4) is 0 Å². The summed E-state index contributed by atoms with van der Waals surface area (Å²) in [5.74, 6) is -0.723. The molecule has 136 valence electrons. The van der Waals surface area contributed by atoms with Crippen LogP contribution in [0.4, 0.5) is 15.9 Å². The fraction of sp³-hybridized carbons (Fsp3) is 0. The summed E-state index contributed by atoms with van der Waals surface area (Å²) in [7, 11) is -4.24. The average molecular weight is 403 g/mol. The second-order valence-corrected chi connectivity index (χ2v) is 7.86. The van der Waals surface area contributed by atoms with Crippen LogP contribution >= 0.6 is 11.6 Å². The third kappa shape index (κ3) is 3.02. The van der Waals surface area contributed by atoms with Crippen molar-refractivity contribution in [2.45, 2.75) is 9.79 Å². The summed E-state index contributed by atoms with van der Waals surface area (Å²) >= 11 is 6.09. The zero-order chi connectivity index (χ0) is 19.0. The van der Waals surface area contributed by atoms with E-state index in [1.165, 1.54) is 18.2 Å². The molecule has 0 radical (unpaired) electrons. The lowest BCUT2D eigenvalue weighted by atomic mass is 10.3. The van der Waals surface area contributed by atoms with Gasteiger partial charge in [-0.25, -0.2) is 22.8 Å². The molecule has 4 aromatic rings. The predicted molar refractivity (Wildman–Crippen MR) is 100 cm³/mol. The van der Waals surface area contributed by atoms with Crippen LogP contribution in [0.5, 0.6) is 0 Å². The van der Waals surface area contributed by atoms with Gasteiger partial charge >= 0.3 is 0 Å². The van der Waals surface area contributed by atoms with Crippen molar-refractivity contribution in [3.05, 3.63) is 71.9 Å². The van der Waals surface area contributed by atoms with Crippen LogP contribution in [0, 0.1) is 5.82 Å². The molecule has 0 spiro atoms. The number of H-pyrrole nitrogens is 1. The second-order valence-electron chi connectivity index (χ2n) is 5.64. The Morgan fingerprint density at radius 3 is 2.44 bits per heavy atom. The van der Waals surface area contributed by atoms with E-state index in [-0.39, 0.29) is 26.9 Å². The van der Waals surface area contributed by atoms with Gasteiger partial charge in [0.2, 0.25) is 9.84 Å². The van der Waals surface area contributed by atoms with Gasteiger partial charge in [-0.05, 0) is 24.3 Å². The van der Waals surface area contributed by atoms with Crippen molar-refractivity contribution in [2.75, 3.05) is 5.32 Å². The van der Waals surface area contributed by atoms with Crippen LogP contribution in [0.15, 0.2) is 70.7 Å². The molecule has 2 aromatic carbocycles. The van der Waals surface area contributed by atoms with Gasteiger partial charge in [0.25, 0.3) is 0 Å². The number of hydrogen-bond acceptors (Lipinski definition) is 5. The molecule has 0 saturated heterocycles. The van der Waals surface area contributed by atoms with E-state index in [9.17, 15) is 12.8 Å². The molecule has 0 amide bonds. The molecule has 0 aliphatic heterocycles. The Labute approximate surface area is 159 Å². The highest BCUT2D eigenvalue weighted by molar-refractivity contribution is 7.92. The third-order valence-electron chi connectivity index (χ3n) is 3.93. The topological polar surface area (TPSA) is 87.7 Å². The fourth-order valence-corrected chi connectivity index (χ4v) is 4.50. The number of hydrogen-bond donors (Lipinski definition) is 2. The van der Waals surface area contributed by atoms with Crippen LogP contribution in [0.1, 0.15) is 0 Å². The zero-order valence-electron chi connectivity index (χ0n) is 13.6. The lowest BCUT2D eigenvalue weighted by Gasteiger charge is -2.09. The predicted octanol–water partition coefficient (Wildman–Crippen LogP) is 4.33. The summed E-state index contributed by atoms with van der Waals surface area (Å²) in [5.41, 5.74) is 0.960. The number of para-hydroxylation sites is 1. The van der Waals surface area contributed by atoms with Gasteiger partial charge in [0.15, 0.2) is 5.15 Å². The molecule has 4 rings (SSSR count). The van der Waals surface area contributed by atoms with Crippen molar-refractivity contribution < 1.29 is 12.8 Å². The first-order valence-corrected chi connectivity index (χ1v) is 9.68. The highest BCUT2D eigenvalue weighted by Crippen LogP contribution is 2.37. The van der Waals surface area contributed by atoms with Gasteiger partial charge in [-0.15, -0.1) is 0 Å². The van der Waals surface area contributed by atoms with Gasteiger partial charge in [0.05, 0.1) is 0 Å². The number of halogens is 2. The second kappa shape index (κ2) is 6.64. The largest absolute Gasteiger partial charge is 0.341 e. The number of benzene rings is 2. The van der Waals surface area contributed by atoms with Crippen molar-refractivity contribution in [2.24, 2.45) is 0 Å². The molecular formula is C18H12ClFN4O2S. The van der Waals surface area contributed by atoms with E-state index in [0.717, 1.165) is 12.4 Å². The summed E-state index contributed by atoms with van der Waals surface area (Å²) in [5, 5.41) is 3.06. The smallest absolute Gasteiger partial charge is 0.215 e. The molecule has 2 aromatic heterocycles. The van der Waals surface area contributed by atoms with Crippen LogP contribution in [-0.4, -0.2) is 23.4 Å². The Morgan fingerprint density at radius 1 is 1.00 bits per heavy atom. The Hall–Kier alpha value is -2.97. The summed E-state index contributed by atoms with van der Waals surface area (Å²) < 4.78 is 40.7. The van der Waals surface area contributed by atoms with Gasteiger partial charge in [-0.1, -0.05) is 41.9 Å². The molecule has 0 unspecified atom stereocenters. The Kier molecular flexibility index (Phi) is 4.29. The molecule has 2 N–H and O–H groups in total. The molecule has 0 atom stereocenters. The van der Waals surface area contributed by atoms with E-state index in [1.807, 2.05) is 6.07 Å². The van der Waals surface area contributed by atoms with Gasteiger partial charge in [0.1, 0.15) is 38.8 Å². The highest BCUT2D eigenvalue weighted by atomic mass is 35.5. The fourth-order valence-electron chi connectivity index (χ4n) is 2.74. The van der Waals surface area contributed by atoms with Crippen LogP contribution in [0.3, 0.4) is 0 Å². The molecule has 0 aliphatic carbocycles. The molecule has 0 bridgehead atoms. The maximum Gasteiger partial charge on any atom is 0.215 e. The van der Waals surface area contributed by atoms with E-state index in [0.29, 0.717) is 5.69 Å². The summed E-state index contributed by atoms with van der Waals surface area (Å²) in [6.07, 6.45) is 1.16. The van der Waals surface area contributed by atoms with Gasteiger partial charge in [0, 0.05) is 5.69 Å². The SMILES string of the molecule is O=S(=O)(c1ccccc1F)c1c(Nc2ccccc2)[nH]c2c(Cl)ncnc12. The van der Waals surface area contributed by atoms with Crippen LogP contribution in [-0.2, 0) is 9.84 Å². The monoisotopic (exact) mass is 402 g/mol. The highest BCUT2D eigenvalue weighted by Gasteiger charge is 2.30. The number of aromatic nitrogens is 3. The maximum atomic E-state index is 14.2. The molecule has 9 heteroatoms. The Morgan fingerprint density at radius 2 is 1.70 bits per heavy atom. The molecular weight excluding hydrogens is 391 g/mol. The van der Waals surface area contributed by atoms with Crippen molar-refractivity contribution >= 4 is 44.0 Å². The average Bonchev–Trinajstić information content (AvgIpc) is 3.03. The van der Waals surface area contributed by atoms with Gasteiger partial charge in [-0.2, -0.15) is 0 Å². The molecule has 0 saturated carbocycles. The minimum atomic E-state index is -4.24. The van der Waals surface area contributed by atoms with Gasteiger partial charge < -0.3 is 10.3 Å². The minimum absolute atomic E-state index is 0.0612. The first-order valence-electron chi connectivity index (χ1n) is 7.82. The number of fused-ring (bicyclic) bond motifs is 1. The first-order chi connectivity index (χ1) is 13.0. The minimum Gasteiger partial charge on any atom is -0.341 e. The molecule has 0 fully saturated rings. The number of anilines is 2. The summed E-state index contributed by atoms with van der Waals surface area (Å²) in [4.78, 5) is 10.2. The number of nitrogens with zero attached hydrogens (tertiary/aromatic N) is 2. The van der Waals surface area contributed by atoms with E-state index < -0.39 is 20.5 Å². The van der Waals surface area contributed by atoms with Crippen molar-refractivity contribution in [1.29, 1.82) is 0 Å². The van der Waals surface area contributed by atoms with E-state index in [4.69, 9.17) is 11.6 Å². The van der Waals surface area contributed by atoms with Crippen LogP contribution in [0.2, 0.25) is 5.15 Å². The van der Waals surface area contributed by atoms with Crippen LogP contribution in [0.25, 0.3) is 11.0 Å². The number of nitrogens with one attached hydrogen (secondary N) is 2. The number of rotatable bonds is 4. The van der Waals surface area contributed by atoms with Crippen molar-refractivity contribution in [3.63, 3.8) is 0 Å². The molecule has 0 aliphatic rings. The maximum absolute atomic E-state index is 14.2. The molecule has 6 nitrogen and oxygen atoms in total. The van der Waals surface area contributed by atoms with Gasteiger partial charge in [-0.3, -0.25) is 0 Å². The number of aromatic amines is 1. The van der Waals surface area contributed by atoms with Crippen molar-refractivity contribution in [1.82, 2.24) is 15.0 Å². The standard InChI is InChI=1S/C18H12ClFN4O2S/c19-17-15-14(21-10-22-17)16(18(24-15)23-11-6-2-1-3-7-11)27(25,26)13-9-5-4-8-12(13)20/h1-10,23-24H.